The van der Waals surface area contributed by atoms with Gasteiger partial charge in [-0.2, -0.15) is 5.26 Å². The molecular formula is C13H17N3O3S. The predicted molar refractivity (Wildman–Crippen MR) is 73.6 cm³/mol. The molecule has 1 fully saturated rings. The molecule has 1 aliphatic carbocycles. The summed E-state index contributed by atoms with van der Waals surface area (Å²) in [6, 6.07) is 5.93. The van der Waals surface area contributed by atoms with Crippen LogP contribution in [0.4, 0.5) is 0 Å². The summed E-state index contributed by atoms with van der Waals surface area (Å²) in [5.74, 6) is 0.474. The van der Waals surface area contributed by atoms with E-state index < -0.39 is 10.0 Å². The largest absolute Gasteiger partial charge is 0.495 e. The van der Waals surface area contributed by atoms with Crippen molar-refractivity contribution in [1.82, 2.24) is 4.72 Å². The molecule has 0 spiro atoms. The van der Waals surface area contributed by atoms with Crippen molar-refractivity contribution in [3.63, 3.8) is 0 Å². The standard InChI is InChI=1S/C13H17N3O3S/c1-19-12-6-9(7-14)2-5-13(12)20(17,18)16-11(8-15)10-3-4-10/h2,5-6,10-11,16H,3-4,8,15H2,1H3. The fraction of sp³-hybridized carbons (Fsp3) is 0.462. The van der Waals surface area contributed by atoms with Crippen LogP contribution in [0.25, 0.3) is 0 Å². The first-order valence-electron chi connectivity index (χ1n) is 6.32. The average molecular weight is 295 g/mol. The summed E-state index contributed by atoms with van der Waals surface area (Å²) in [6.07, 6.45) is 1.99. The van der Waals surface area contributed by atoms with Crippen LogP contribution < -0.4 is 15.2 Å². The molecule has 20 heavy (non-hydrogen) atoms. The van der Waals surface area contributed by atoms with Gasteiger partial charge < -0.3 is 10.5 Å². The zero-order chi connectivity index (χ0) is 14.8. The monoisotopic (exact) mass is 295 g/mol. The Morgan fingerprint density at radius 1 is 1.55 bits per heavy atom. The van der Waals surface area contributed by atoms with Crippen molar-refractivity contribution in [3.8, 4) is 11.8 Å². The molecule has 3 N–H and O–H groups in total. The van der Waals surface area contributed by atoms with Crippen LogP contribution in [0, 0.1) is 17.2 Å². The third kappa shape index (κ3) is 3.10. The molecule has 1 atom stereocenters. The lowest BCUT2D eigenvalue weighted by atomic mass is 10.2. The molecule has 0 saturated heterocycles. The molecule has 1 aromatic rings. The van der Waals surface area contributed by atoms with Crippen LogP contribution in [0.15, 0.2) is 23.1 Å². The number of ether oxygens (including phenoxy) is 1. The molecule has 0 heterocycles. The van der Waals surface area contributed by atoms with Crippen LogP contribution in [0.3, 0.4) is 0 Å². The highest BCUT2D eigenvalue weighted by atomic mass is 32.2. The van der Waals surface area contributed by atoms with Gasteiger partial charge in [0.2, 0.25) is 10.0 Å². The van der Waals surface area contributed by atoms with Gasteiger partial charge in [0.25, 0.3) is 0 Å². The Labute approximate surface area is 118 Å². The van der Waals surface area contributed by atoms with Crippen molar-refractivity contribution in [2.75, 3.05) is 13.7 Å². The van der Waals surface area contributed by atoms with Crippen LogP contribution >= 0.6 is 0 Å². The predicted octanol–water partition coefficient (Wildman–Crippen LogP) is 0.582. The summed E-state index contributed by atoms with van der Waals surface area (Å²) >= 11 is 0. The lowest BCUT2D eigenvalue weighted by Gasteiger charge is -2.17. The van der Waals surface area contributed by atoms with Crippen LogP contribution in [-0.2, 0) is 10.0 Å². The normalized spacial score (nSPS) is 16.4. The summed E-state index contributed by atoms with van der Waals surface area (Å²) in [6.45, 7) is 0.266. The first-order chi connectivity index (χ1) is 9.51. The minimum absolute atomic E-state index is 0.0260. The van der Waals surface area contributed by atoms with Crippen LogP contribution in [0.1, 0.15) is 18.4 Å². The maximum Gasteiger partial charge on any atom is 0.244 e. The van der Waals surface area contributed by atoms with E-state index in [0.717, 1.165) is 12.8 Å². The third-order valence-corrected chi connectivity index (χ3v) is 4.86. The Hall–Kier alpha value is -1.62. The molecule has 1 saturated carbocycles. The zero-order valence-corrected chi connectivity index (χ0v) is 12.0. The number of nitrogens with zero attached hydrogens (tertiary/aromatic N) is 1. The Balaban J connectivity index is 2.31. The van der Waals surface area contributed by atoms with E-state index in [0.29, 0.717) is 11.5 Å². The number of rotatable bonds is 6. The Morgan fingerprint density at radius 3 is 2.75 bits per heavy atom. The summed E-state index contributed by atoms with van der Waals surface area (Å²) in [5.41, 5.74) is 5.96. The lowest BCUT2D eigenvalue weighted by Crippen LogP contribution is -2.41. The molecule has 0 bridgehead atoms. The highest BCUT2D eigenvalue weighted by molar-refractivity contribution is 7.89. The van der Waals surface area contributed by atoms with Crippen molar-refractivity contribution in [3.05, 3.63) is 23.8 Å². The van der Waals surface area contributed by atoms with Crippen molar-refractivity contribution < 1.29 is 13.2 Å². The van der Waals surface area contributed by atoms with Crippen LogP contribution in [0.5, 0.6) is 5.75 Å². The van der Waals surface area contributed by atoms with E-state index in [1.54, 1.807) is 0 Å². The van der Waals surface area contributed by atoms with Crippen LogP contribution in [0.2, 0.25) is 0 Å². The number of nitrogens with one attached hydrogen (secondary N) is 1. The van der Waals surface area contributed by atoms with Gasteiger partial charge in [-0.25, -0.2) is 13.1 Å². The summed E-state index contributed by atoms with van der Waals surface area (Å²) in [7, 11) is -2.34. The molecule has 0 aliphatic heterocycles. The zero-order valence-electron chi connectivity index (χ0n) is 11.2. The van der Waals surface area contributed by atoms with E-state index in [9.17, 15) is 8.42 Å². The van der Waals surface area contributed by atoms with Gasteiger partial charge in [0.05, 0.1) is 18.7 Å². The number of sulfonamides is 1. The molecule has 0 radical (unpaired) electrons. The Kier molecular flexibility index (Phi) is 4.28. The number of hydrogen-bond donors (Lipinski definition) is 2. The number of methoxy groups -OCH3 is 1. The fourth-order valence-electron chi connectivity index (χ4n) is 2.06. The van der Waals surface area contributed by atoms with E-state index in [1.165, 1.54) is 25.3 Å². The van der Waals surface area contributed by atoms with E-state index in [2.05, 4.69) is 4.72 Å². The fourth-order valence-corrected chi connectivity index (χ4v) is 3.53. The summed E-state index contributed by atoms with van der Waals surface area (Å²) in [5, 5.41) is 8.83. The molecule has 108 valence electrons. The van der Waals surface area contributed by atoms with Gasteiger partial charge in [-0.05, 0) is 37.0 Å². The van der Waals surface area contributed by atoms with Crippen molar-refractivity contribution in [2.45, 2.75) is 23.8 Å². The van der Waals surface area contributed by atoms with Gasteiger partial charge in [0.15, 0.2) is 0 Å². The van der Waals surface area contributed by atoms with Gasteiger partial charge in [-0.15, -0.1) is 0 Å². The van der Waals surface area contributed by atoms with Gasteiger partial charge in [-0.1, -0.05) is 0 Å². The highest BCUT2D eigenvalue weighted by Gasteiger charge is 2.34. The van der Waals surface area contributed by atoms with Gasteiger partial charge in [0.1, 0.15) is 10.6 Å². The van der Waals surface area contributed by atoms with E-state index in [1.807, 2.05) is 6.07 Å². The molecule has 1 aromatic carbocycles. The molecular weight excluding hydrogens is 278 g/mol. The molecule has 7 heteroatoms. The maximum atomic E-state index is 12.4. The average Bonchev–Trinajstić information content (AvgIpc) is 3.28. The number of hydrogen-bond acceptors (Lipinski definition) is 5. The molecule has 6 nitrogen and oxygen atoms in total. The van der Waals surface area contributed by atoms with E-state index in [4.69, 9.17) is 15.7 Å². The van der Waals surface area contributed by atoms with Gasteiger partial charge >= 0.3 is 0 Å². The first-order valence-corrected chi connectivity index (χ1v) is 7.80. The lowest BCUT2D eigenvalue weighted by molar-refractivity contribution is 0.401. The molecule has 2 rings (SSSR count). The highest BCUT2D eigenvalue weighted by Crippen LogP contribution is 2.33. The SMILES string of the molecule is COc1cc(C#N)ccc1S(=O)(=O)NC(CN)C1CC1. The quantitative estimate of drug-likeness (QED) is 0.798. The van der Waals surface area contributed by atoms with Crippen molar-refractivity contribution in [2.24, 2.45) is 11.7 Å². The molecule has 1 aliphatic rings. The third-order valence-electron chi connectivity index (χ3n) is 3.33. The van der Waals surface area contributed by atoms with E-state index >= 15 is 0 Å². The van der Waals surface area contributed by atoms with Crippen molar-refractivity contribution >= 4 is 10.0 Å². The summed E-state index contributed by atoms with van der Waals surface area (Å²) < 4.78 is 32.4. The molecule has 0 aromatic heterocycles. The van der Waals surface area contributed by atoms with E-state index in [-0.39, 0.29) is 23.2 Å². The first kappa shape index (κ1) is 14.8. The number of nitriles is 1. The number of nitrogens with two attached hydrogens (primary N) is 1. The van der Waals surface area contributed by atoms with Gasteiger partial charge in [-0.3, -0.25) is 0 Å². The minimum atomic E-state index is -3.71. The van der Waals surface area contributed by atoms with Crippen molar-refractivity contribution in [1.29, 1.82) is 5.26 Å². The number of benzene rings is 1. The second-order valence-corrected chi connectivity index (χ2v) is 6.46. The molecule has 1 unspecified atom stereocenters. The van der Waals surface area contributed by atoms with Gasteiger partial charge in [0, 0.05) is 12.6 Å². The Morgan fingerprint density at radius 2 is 2.25 bits per heavy atom. The summed E-state index contributed by atoms with van der Waals surface area (Å²) in [4.78, 5) is 0.0260. The topological polar surface area (TPSA) is 105 Å². The maximum absolute atomic E-state index is 12.4. The second kappa shape index (κ2) is 5.79. The molecule has 0 amide bonds. The van der Waals surface area contributed by atoms with Crippen LogP contribution in [-0.4, -0.2) is 28.1 Å². The second-order valence-electron chi connectivity index (χ2n) is 4.78. The minimum Gasteiger partial charge on any atom is -0.495 e. The Bertz CT molecular complexity index is 633. The smallest absolute Gasteiger partial charge is 0.244 e.